The number of rotatable bonds is 8. The molecule has 1 heterocycles. The largest absolute Gasteiger partial charge is 0.627 e. The van der Waals surface area contributed by atoms with Gasteiger partial charge in [0.2, 0.25) is 5.00 Å². The van der Waals surface area contributed by atoms with Crippen LogP contribution in [0.15, 0.2) is 54.7 Å². The first kappa shape index (κ1) is 21.6. The Morgan fingerprint density at radius 3 is 2.13 bits per heavy atom. The molecule has 0 radical (unpaired) electrons. The number of thiazole rings is 1. The minimum absolute atomic E-state index is 0.0514. The fraction of sp³-hybridized carbons (Fsp3) is 0.190. The third-order valence-corrected chi connectivity index (χ3v) is 5.46. The van der Waals surface area contributed by atoms with Crippen molar-refractivity contribution in [2.24, 2.45) is 5.41 Å². The van der Waals surface area contributed by atoms with E-state index in [1.807, 2.05) is 36.4 Å². The average Bonchev–Trinajstić information content (AvgIpc) is 3.17. The van der Waals surface area contributed by atoms with Crippen molar-refractivity contribution in [1.29, 1.82) is 0 Å². The maximum absolute atomic E-state index is 12.4. The van der Waals surface area contributed by atoms with Crippen molar-refractivity contribution in [2.75, 3.05) is 5.32 Å². The molecule has 0 atom stereocenters. The lowest BCUT2D eigenvalue weighted by atomic mass is 9.85. The van der Waals surface area contributed by atoms with E-state index in [0.29, 0.717) is 10.7 Å². The molecule has 0 aliphatic rings. The van der Waals surface area contributed by atoms with Gasteiger partial charge >= 0.3 is 5.97 Å². The van der Waals surface area contributed by atoms with Gasteiger partial charge in [-0.25, -0.2) is 4.98 Å². The van der Waals surface area contributed by atoms with Crippen LogP contribution < -0.4 is 10.5 Å². The number of nitrogens with zero attached hydrogens (tertiary/aromatic N) is 1. The third kappa shape index (κ3) is 5.08. The molecule has 0 fully saturated rings. The fourth-order valence-corrected chi connectivity index (χ4v) is 3.39. The molecule has 9 heteroatoms. The normalized spacial score (nSPS) is 11.5. The number of Topliss-reactive ketones (excluding diaryl/α,β-unsaturated/α-hetero) is 1. The maximum Gasteiger partial charge on any atom is 0.309 e. The lowest BCUT2D eigenvalue weighted by Gasteiger charge is -2.21. The van der Waals surface area contributed by atoms with Crippen LogP contribution in [0.1, 0.15) is 30.6 Å². The van der Waals surface area contributed by atoms with E-state index >= 15 is 0 Å². The summed E-state index contributed by atoms with van der Waals surface area (Å²) >= 11 is 0.993. The summed E-state index contributed by atoms with van der Waals surface area (Å²) in [5.41, 5.74) is 1.95. The average molecular weight is 426 g/mol. The molecule has 30 heavy (non-hydrogen) atoms. The molecule has 1 aromatic heterocycles. The molecule has 156 valence electrons. The second kappa shape index (κ2) is 8.72. The molecular formula is C21H20N3O5S-. The highest BCUT2D eigenvalue weighted by Gasteiger charge is 2.30. The SMILES string of the molecule is CC(C)(CC(=O)c1ccc(-c2ccc(Nc3ncc([NH+]([O-])[O-])s3)cc2)cc1)C(=O)O. The van der Waals surface area contributed by atoms with Crippen LogP contribution in [0.5, 0.6) is 0 Å². The van der Waals surface area contributed by atoms with E-state index in [9.17, 15) is 25.1 Å². The number of anilines is 2. The van der Waals surface area contributed by atoms with E-state index in [-0.39, 0.29) is 17.2 Å². The van der Waals surface area contributed by atoms with Gasteiger partial charge in [-0.15, -0.1) is 0 Å². The Kier molecular flexibility index (Phi) is 6.28. The number of carboxylic acids is 1. The Balaban J connectivity index is 1.67. The molecule has 0 aliphatic heterocycles. The summed E-state index contributed by atoms with van der Waals surface area (Å²) < 4.78 is 0. The van der Waals surface area contributed by atoms with Gasteiger partial charge in [-0.3, -0.25) is 9.59 Å². The zero-order chi connectivity index (χ0) is 21.9. The predicted molar refractivity (Wildman–Crippen MR) is 115 cm³/mol. The summed E-state index contributed by atoms with van der Waals surface area (Å²) in [6.45, 7) is 3.06. The monoisotopic (exact) mass is 426 g/mol. The number of carbonyl (C=O) groups excluding carboxylic acids is 1. The quantitative estimate of drug-likeness (QED) is 0.369. The van der Waals surface area contributed by atoms with E-state index in [1.54, 1.807) is 12.1 Å². The van der Waals surface area contributed by atoms with Gasteiger partial charge in [0.15, 0.2) is 10.9 Å². The van der Waals surface area contributed by atoms with Crippen LogP contribution in [0.2, 0.25) is 0 Å². The number of carbonyl (C=O) groups is 2. The highest BCUT2D eigenvalue weighted by molar-refractivity contribution is 7.18. The number of quaternary nitrogens is 1. The van der Waals surface area contributed by atoms with Crippen LogP contribution in [-0.2, 0) is 4.79 Å². The van der Waals surface area contributed by atoms with Crippen LogP contribution in [0.4, 0.5) is 15.8 Å². The van der Waals surface area contributed by atoms with Crippen LogP contribution in [-0.4, -0.2) is 21.8 Å². The van der Waals surface area contributed by atoms with Crippen molar-refractivity contribution in [1.82, 2.24) is 4.98 Å². The molecular weight excluding hydrogens is 406 g/mol. The number of hydrogen-bond acceptors (Lipinski definition) is 7. The first-order chi connectivity index (χ1) is 14.2. The molecule has 0 amide bonds. The number of aromatic nitrogens is 1. The standard InChI is InChI=1S/C21H20N3O5S/c1-21(2,19(26)27)11-17(25)15-5-3-13(4-6-15)14-7-9-16(10-8-14)23-20-22-12-18(30-20)24(28)29/h3-10,12,24H,11H2,1-2H3,(H,22,23)(H,26,27)/q-1. The van der Waals surface area contributed by atoms with Gasteiger partial charge in [0, 0.05) is 17.7 Å². The second-order valence-electron chi connectivity index (χ2n) is 7.39. The minimum Gasteiger partial charge on any atom is -0.627 e. The number of nitrogens with one attached hydrogen (secondary N) is 2. The maximum atomic E-state index is 12.4. The van der Waals surface area contributed by atoms with Crippen molar-refractivity contribution in [3.8, 4) is 11.1 Å². The van der Waals surface area contributed by atoms with Crippen LogP contribution in [0, 0.1) is 15.8 Å². The number of carboxylic acid groups (broad SMARTS) is 1. The van der Waals surface area contributed by atoms with E-state index in [2.05, 4.69) is 10.3 Å². The number of ketones is 1. The Morgan fingerprint density at radius 1 is 1.07 bits per heavy atom. The zero-order valence-electron chi connectivity index (χ0n) is 16.3. The summed E-state index contributed by atoms with van der Waals surface area (Å²) in [4.78, 5) is 27.6. The van der Waals surface area contributed by atoms with E-state index in [4.69, 9.17) is 0 Å². The number of aliphatic carboxylic acids is 1. The van der Waals surface area contributed by atoms with Gasteiger partial charge in [-0.2, -0.15) is 0 Å². The molecule has 3 rings (SSSR count). The van der Waals surface area contributed by atoms with Crippen LogP contribution in [0.3, 0.4) is 0 Å². The number of benzene rings is 2. The Bertz CT molecular complexity index is 1040. The second-order valence-corrected chi connectivity index (χ2v) is 8.42. The van der Waals surface area contributed by atoms with E-state index in [0.717, 1.165) is 28.2 Å². The van der Waals surface area contributed by atoms with Crippen molar-refractivity contribution >= 4 is 38.9 Å². The third-order valence-electron chi connectivity index (χ3n) is 4.56. The van der Waals surface area contributed by atoms with Gasteiger partial charge in [-0.1, -0.05) is 36.4 Å². The lowest BCUT2D eigenvalue weighted by molar-refractivity contribution is -0.712. The molecule has 0 aliphatic carbocycles. The number of hydrogen-bond donors (Lipinski definition) is 3. The van der Waals surface area contributed by atoms with E-state index < -0.39 is 16.6 Å². The Hall–Kier alpha value is -3.11. The van der Waals surface area contributed by atoms with Crippen molar-refractivity contribution < 1.29 is 19.9 Å². The Morgan fingerprint density at radius 2 is 1.63 bits per heavy atom. The molecule has 2 aromatic carbocycles. The summed E-state index contributed by atoms with van der Waals surface area (Å²) in [5.74, 6) is -1.22. The van der Waals surface area contributed by atoms with E-state index in [1.165, 1.54) is 20.0 Å². The van der Waals surface area contributed by atoms with Gasteiger partial charge in [0.25, 0.3) is 0 Å². The first-order valence-electron chi connectivity index (χ1n) is 9.07. The Labute approximate surface area is 177 Å². The molecule has 0 saturated heterocycles. The highest BCUT2D eigenvalue weighted by Crippen LogP contribution is 2.28. The molecule has 0 unspecified atom stereocenters. The minimum atomic E-state index is -1.26. The first-order valence-corrected chi connectivity index (χ1v) is 9.89. The summed E-state index contributed by atoms with van der Waals surface area (Å²) in [5, 5.41) is 33.1. The molecule has 3 N–H and O–H groups in total. The van der Waals surface area contributed by atoms with Gasteiger partial charge in [0.05, 0.1) is 5.41 Å². The zero-order valence-corrected chi connectivity index (χ0v) is 17.2. The van der Waals surface area contributed by atoms with Crippen LogP contribution in [0.25, 0.3) is 11.1 Å². The van der Waals surface area contributed by atoms with Crippen LogP contribution >= 0.6 is 11.3 Å². The van der Waals surface area contributed by atoms with Gasteiger partial charge in [0.1, 0.15) is 6.20 Å². The molecule has 0 spiro atoms. The fourth-order valence-electron chi connectivity index (χ4n) is 2.72. The topological polar surface area (TPSA) is 130 Å². The smallest absolute Gasteiger partial charge is 0.309 e. The van der Waals surface area contributed by atoms with Crippen molar-refractivity contribution in [2.45, 2.75) is 20.3 Å². The predicted octanol–water partition coefficient (Wildman–Crippen LogP) is 3.75. The van der Waals surface area contributed by atoms with Gasteiger partial charge in [-0.05, 0) is 48.4 Å². The summed E-state index contributed by atoms with van der Waals surface area (Å²) in [6, 6.07) is 14.5. The molecule has 8 nitrogen and oxygen atoms in total. The lowest BCUT2D eigenvalue weighted by Crippen LogP contribution is -2.95. The van der Waals surface area contributed by atoms with Crippen molar-refractivity contribution in [3.63, 3.8) is 0 Å². The highest BCUT2D eigenvalue weighted by atomic mass is 32.1. The summed E-state index contributed by atoms with van der Waals surface area (Å²) in [6.07, 6.45) is 1.18. The summed E-state index contributed by atoms with van der Waals surface area (Å²) in [7, 11) is 0. The molecule has 3 aromatic rings. The van der Waals surface area contributed by atoms with Gasteiger partial charge < -0.3 is 26.1 Å². The molecule has 0 bridgehead atoms. The van der Waals surface area contributed by atoms with Crippen molar-refractivity contribution in [3.05, 3.63) is 70.7 Å². The molecule has 0 saturated carbocycles.